The molecule has 0 bridgehead atoms. The molecule has 0 fully saturated rings. The molecule has 0 aromatic heterocycles. The standard InChI is InChI=1S/C11H13Cl2NOS/c1-6(2)10(16)11(15)14-9-7(12)4-3-5-8(9)13/h3-6,10,16H,1-2H3,(H,14,15). The van der Waals surface area contributed by atoms with Crippen molar-refractivity contribution in [2.45, 2.75) is 19.1 Å². The van der Waals surface area contributed by atoms with E-state index in [1.165, 1.54) is 0 Å². The fourth-order valence-electron chi connectivity index (χ4n) is 1.12. The quantitative estimate of drug-likeness (QED) is 0.807. The van der Waals surface area contributed by atoms with Crippen LogP contribution in [0.1, 0.15) is 13.8 Å². The predicted molar refractivity (Wildman–Crippen MR) is 72.7 cm³/mol. The number of para-hydroxylation sites is 1. The lowest BCUT2D eigenvalue weighted by molar-refractivity contribution is -0.116. The third-order valence-corrected chi connectivity index (χ3v) is 3.57. The van der Waals surface area contributed by atoms with Gasteiger partial charge in [-0.25, -0.2) is 0 Å². The largest absolute Gasteiger partial charge is 0.323 e. The first kappa shape index (κ1) is 13.7. The molecule has 0 saturated carbocycles. The Kier molecular flexibility index (Phi) is 4.96. The number of amides is 1. The minimum Gasteiger partial charge on any atom is -0.323 e. The van der Waals surface area contributed by atoms with E-state index in [1.54, 1.807) is 18.2 Å². The van der Waals surface area contributed by atoms with Crippen LogP contribution >= 0.6 is 35.8 Å². The van der Waals surface area contributed by atoms with Crippen LogP contribution in [0.4, 0.5) is 5.69 Å². The fourth-order valence-corrected chi connectivity index (χ4v) is 1.67. The van der Waals surface area contributed by atoms with Gasteiger partial charge < -0.3 is 5.32 Å². The van der Waals surface area contributed by atoms with Gasteiger partial charge in [0.2, 0.25) is 5.91 Å². The molecule has 1 amide bonds. The summed E-state index contributed by atoms with van der Waals surface area (Å²) in [4.78, 5) is 11.8. The Balaban J connectivity index is 2.85. The lowest BCUT2D eigenvalue weighted by Crippen LogP contribution is -2.27. The van der Waals surface area contributed by atoms with Crippen molar-refractivity contribution in [1.29, 1.82) is 0 Å². The normalized spacial score (nSPS) is 12.6. The summed E-state index contributed by atoms with van der Waals surface area (Å²) in [5.74, 6) is -0.0575. The highest BCUT2D eigenvalue weighted by Crippen LogP contribution is 2.30. The van der Waals surface area contributed by atoms with E-state index >= 15 is 0 Å². The lowest BCUT2D eigenvalue weighted by atomic mass is 10.1. The van der Waals surface area contributed by atoms with Crippen LogP contribution in [0.3, 0.4) is 0 Å². The highest BCUT2D eigenvalue weighted by molar-refractivity contribution is 7.81. The molecule has 5 heteroatoms. The SMILES string of the molecule is CC(C)C(S)C(=O)Nc1c(Cl)cccc1Cl. The average Bonchev–Trinajstić information content (AvgIpc) is 2.22. The Hall–Kier alpha value is -0.380. The number of carbonyl (C=O) groups excluding carboxylic acids is 1. The van der Waals surface area contributed by atoms with Gasteiger partial charge in [-0.1, -0.05) is 43.1 Å². The van der Waals surface area contributed by atoms with Crippen LogP contribution in [0.2, 0.25) is 10.0 Å². The Morgan fingerprint density at radius 1 is 1.31 bits per heavy atom. The van der Waals surface area contributed by atoms with Gasteiger partial charge in [0.15, 0.2) is 0 Å². The van der Waals surface area contributed by atoms with Crippen LogP contribution < -0.4 is 5.32 Å². The van der Waals surface area contributed by atoms with E-state index in [0.717, 1.165) is 0 Å². The summed E-state index contributed by atoms with van der Waals surface area (Å²) < 4.78 is 0. The highest BCUT2D eigenvalue weighted by atomic mass is 35.5. The van der Waals surface area contributed by atoms with Crippen molar-refractivity contribution in [2.75, 3.05) is 5.32 Å². The second-order valence-electron chi connectivity index (χ2n) is 3.77. The van der Waals surface area contributed by atoms with Gasteiger partial charge in [0.1, 0.15) is 0 Å². The Bertz CT molecular complexity index is 375. The van der Waals surface area contributed by atoms with Gasteiger partial charge in [-0.2, -0.15) is 12.6 Å². The van der Waals surface area contributed by atoms with E-state index < -0.39 is 0 Å². The minimum absolute atomic E-state index is 0.143. The van der Waals surface area contributed by atoms with Gasteiger partial charge >= 0.3 is 0 Å². The molecular weight excluding hydrogens is 265 g/mol. The maximum atomic E-state index is 11.8. The summed E-state index contributed by atoms with van der Waals surface area (Å²) in [7, 11) is 0. The van der Waals surface area contributed by atoms with E-state index in [-0.39, 0.29) is 17.1 Å². The molecule has 1 rings (SSSR count). The first-order valence-electron chi connectivity index (χ1n) is 4.86. The molecular formula is C11H13Cl2NOS. The van der Waals surface area contributed by atoms with Gasteiger partial charge in [-0.3, -0.25) is 4.79 Å². The molecule has 1 atom stereocenters. The van der Waals surface area contributed by atoms with Gasteiger partial charge in [-0.05, 0) is 18.1 Å². The second-order valence-corrected chi connectivity index (χ2v) is 5.15. The molecule has 1 N–H and O–H groups in total. The highest BCUT2D eigenvalue weighted by Gasteiger charge is 2.19. The van der Waals surface area contributed by atoms with Crippen LogP contribution in [0.5, 0.6) is 0 Å². The summed E-state index contributed by atoms with van der Waals surface area (Å²) in [5, 5.41) is 3.14. The van der Waals surface area contributed by atoms with Crippen molar-refractivity contribution in [2.24, 2.45) is 5.92 Å². The summed E-state index contributed by atoms with van der Waals surface area (Å²) in [6, 6.07) is 5.07. The van der Waals surface area contributed by atoms with E-state index in [2.05, 4.69) is 17.9 Å². The van der Waals surface area contributed by atoms with Crippen LogP contribution in [0, 0.1) is 5.92 Å². The van der Waals surface area contributed by atoms with Gasteiger partial charge in [-0.15, -0.1) is 0 Å². The summed E-state index contributed by atoms with van der Waals surface area (Å²) >= 11 is 16.1. The maximum Gasteiger partial charge on any atom is 0.237 e. The lowest BCUT2D eigenvalue weighted by Gasteiger charge is -2.16. The molecule has 16 heavy (non-hydrogen) atoms. The molecule has 0 aliphatic carbocycles. The van der Waals surface area contributed by atoms with Gasteiger partial charge in [0.25, 0.3) is 0 Å². The van der Waals surface area contributed by atoms with Gasteiger partial charge in [0, 0.05) is 0 Å². The molecule has 0 aliphatic heterocycles. The van der Waals surface area contributed by atoms with E-state index in [0.29, 0.717) is 15.7 Å². The Morgan fingerprint density at radius 2 is 1.81 bits per heavy atom. The number of rotatable bonds is 3. The summed E-state index contributed by atoms with van der Waals surface area (Å²) in [6.07, 6.45) is 0. The minimum atomic E-state index is -0.382. The van der Waals surface area contributed by atoms with Crippen molar-refractivity contribution < 1.29 is 4.79 Å². The molecule has 2 nitrogen and oxygen atoms in total. The van der Waals surface area contributed by atoms with Crippen molar-refractivity contribution in [3.05, 3.63) is 28.2 Å². The molecule has 88 valence electrons. The predicted octanol–water partition coefficient (Wildman–Crippen LogP) is 3.89. The van der Waals surface area contributed by atoms with Crippen LogP contribution in [-0.2, 0) is 4.79 Å². The molecule has 0 aliphatic rings. The number of thiol groups is 1. The fraction of sp³-hybridized carbons (Fsp3) is 0.364. The summed E-state index contributed by atoms with van der Waals surface area (Å²) in [6.45, 7) is 3.84. The van der Waals surface area contributed by atoms with Crippen molar-refractivity contribution in [3.63, 3.8) is 0 Å². The van der Waals surface area contributed by atoms with Gasteiger partial charge in [0.05, 0.1) is 21.0 Å². The third-order valence-electron chi connectivity index (χ3n) is 2.11. The first-order valence-corrected chi connectivity index (χ1v) is 6.13. The smallest absolute Gasteiger partial charge is 0.237 e. The topological polar surface area (TPSA) is 29.1 Å². The van der Waals surface area contributed by atoms with Crippen LogP contribution in [-0.4, -0.2) is 11.2 Å². The number of benzene rings is 1. The van der Waals surface area contributed by atoms with E-state index in [9.17, 15) is 4.79 Å². The number of hydrogen-bond donors (Lipinski definition) is 2. The van der Waals surface area contributed by atoms with Crippen LogP contribution in [0.15, 0.2) is 18.2 Å². The molecule has 0 spiro atoms. The third kappa shape index (κ3) is 3.30. The van der Waals surface area contributed by atoms with Crippen molar-refractivity contribution in [1.82, 2.24) is 0 Å². The number of anilines is 1. The zero-order chi connectivity index (χ0) is 12.3. The van der Waals surface area contributed by atoms with Crippen molar-refractivity contribution >= 4 is 47.4 Å². The monoisotopic (exact) mass is 277 g/mol. The number of carbonyl (C=O) groups is 1. The molecule has 0 heterocycles. The first-order chi connectivity index (χ1) is 7.43. The summed E-state index contributed by atoms with van der Waals surface area (Å²) in [5.41, 5.74) is 0.440. The van der Waals surface area contributed by atoms with E-state index in [4.69, 9.17) is 23.2 Å². The molecule has 0 radical (unpaired) electrons. The zero-order valence-corrected chi connectivity index (χ0v) is 11.4. The molecule has 1 aromatic rings. The maximum absolute atomic E-state index is 11.8. The molecule has 1 aromatic carbocycles. The zero-order valence-electron chi connectivity index (χ0n) is 9.00. The average molecular weight is 278 g/mol. The second kappa shape index (κ2) is 5.80. The van der Waals surface area contributed by atoms with Crippen molar-refractivity contribution in [3.8, 4) is 0 Å². The number of halogens is 2. The van der Waals surface area contributed by atoms with E-state index in [1.807, 2.05) is 13.8 Å². The molecule has 1 unspecified atom stereocenters. The number of hydrogen-bond acceptors (Lipinski definition) is 2. The Labute approximate surface area is 111 Å². The Morgan fingerprint density at radius 3 is 2.25 bits per heavy atom. The van der Waals surface area contributed by atoms with Crippen LogP contribution in [0.25, 0.3) is 0 Å². The molecule has 0 saturated heterocycles. The number of nitrogens with one attached hydrogen (secondary N) is 1.